The van der Waals surface area contributed by atoms with Crippen molar-refractivity contribution in [1.82, 2.24) is 4.98 Å². The van der Waals surface area contributed by atoms with Gasteiger partial charge in [-0.05, 0) is 28.9 Å². The molecule has 82 valence electrons. The zero-order chi connectivity index (χ0) is 11.8. The van der Waals surface area contributed by atoms with Crippen molar-refractivity contribution < 1.29 is 18.0 Å². The minimum atomic E-state index is -4.64. The Balaban J connectivity index is 3.49. The van der Waals surface area contributed by atoms with Crippen LogP contribution >= 0.6 is 15.9 Å². The van der Waals surface area contributed by atoms with Gasteiger partial charge in [-0.3, -0.25) is 4.79 Å². The maximum absolute atomic E-state index is 12.4. The van der Waals surface area contributed by atoms with E-state index >= 15 is 0 Å². The van der Waals surface area contributed by atoms with Crippen molar-refractivity contribution in [3.05, 3.63) is 21.8 Å². The van der Waals surface area contributed by atoms with Gasteiger partial charge in [-0.1, -0.05) is 0 Å². The van der Waals surface area contributed by atoms with Gasteiger partial charge in [0.25, 0.3) is 0 Å². The number of aromatic nitrogens is 1. The Labute approximate surface area is 91.6 Å². The number of anilines is 1. The Hall–Kier alpha value is -1.11. The van der Waals surface area contributed by atoms with Crippen molar-refractivity contribution in [3.63, 3.8) is 0 Å². The van der Waals surface area contributed by atoms with Gasteiger partial charge in [0.2, 0.25) is 0 Å². The van der Waals surface area contributed by atoms with Crippen LogP contribution in [0, 0.1) is 0 Å². The molecule has 0 aliphatic heterocycles. The van der Waals surface area contributed by atoms with E-state index in [0.29, 0.717) is 0 Å². The number of nitrogens with two attached hydrogens (primary N) is 1. The lowest BCUT2D eigenvalue weighted by Crippen LogP contribution is -2.13. The Morgan fingerprint density at radius 3 is 2.47 bits per heavy atom. The van der Waals surface area contributed by atoms with Crippen LogP contribution in [0.3, 0.4) is 0 Å². The second-order valence-electron chi connectivity index (χ2n) is 2.81. The van der Waals surface area contributed by atoms with Crippen molar-refractivity contribution in [2.75, 3.05) is 5.73 Å². The fourth-order valence-electron chi connectivity index (χ4n) is 0.993. The highest BCUT2D eigenvalue weighted by molar-refractivity contribution is 9.10. The lowest BCUT2D eigenvalue weighted by Gasteiger charge is -2.11. The van der Waals surface area contributed by atoms with E-state index in [2.05, 4.69) is 20.9 Å². The van der Waals surface area contributed by atoms with Crippen molar-refractivity contribution in [1.29, 1.82) is 0 Å². The number of rotatable bonds is 1. The summed E-state index contributed by atoms with van der Waals surface area (Å²) < 4.78 is 36.9. The van der Waals surface area contributed by atoms with Gasteiger partial charge in [0, 0.05) is 5.56 Å². The zero-order valence-electron chi connectivity index (χ0n) is 7.52. The van der Waals surface area contributed by atoms with Crippen molar-refractivity contribution in [3.8, 4) is 0 Å². The number of Topliss-reactive ketones (excluding diaryl/α,β-unsaturated/α-hetero) is 1. The maximum atomic E-state index is 12.4. The minimum absolute atomic E-state index is 0.130. The molecular formula is C8H6BrF3N2O. The number of hydrogen-bond acceptors (Lipinski definition) is 3. The number of halogens is 4. The highest BCUT2D eigenvalue weighted by Gasteiger charge is 2.36. The van der Waals surface area contributed by atoms with Gasteiger partial charge in [-0.15, -0.1) is 0 Å². The van der Waals surface area contributed by atoms with E-state index in [9.17, 15) is 18.0 Å². The van der Waals surface area contributed by atoms with Crippen LogP contribution in [-0.4, -0.2) is 10.8 Å². The molecule has 0 radical (unpaired) electrons. The van der Waals surface area contributed by atoms with Crippen LogP contribution < -0.4 is 5.73 Å². The molecule has 1 heterocycles. The average Bonchev–Trinajstić information content (AvgIpc) is 2.06. The third-order valence-corrected chi connectivity index (χ3v) is 2.43. The third-order valence-electron chi connectivity index (χ3n) is 1.63. The van der Waals surface area contributed by atoms with E-state index in [1.165, 1.54) is 0 Å². The molecule has 0 aliphatic carbocycles. The van der Waals surface area contributed by atoms with Crippen LogP contribution in [-0.2, 0) is 6.18 Å². The van der Waals surface area contributed by atoms with E-state index in [4.69, 9.17) is 5.73 Å². The summed E-state index contributed by atoms with van der Waals surface area (Å²) >= 11 is 2.69. The smallest absolute Gasteiger partial charge is 0.384 e. The Morgan fingerprint density at radius 1 is 1.53 bits per heavy atom. The average molecular weight is 283 g/mol. The van der Waals surface area contributed by atoms with E-state index in [1.54, 1.807) is 0 Å². The monoisotopic (exact) mass is 282 g/mol. The number of hydrogen-bond donors (Lipinski definition) is 1. The van der Waals surface area contributed by atoms with Gasteiger partial charge in [0.15, 0.2) is 11.5 Å². The van der Waals surface area contributed by atoms with Gasteiger partial charge in [-0.25, -0.2) is 4.98 Å². The molecule has 0 amide bonds. The first-order valence-electron chi connectivity index (χ1n) is 3.77. The number of alkyl halides is 3. The van der Waals surface area contributed by atoms with Crippen molar-refractivity contribution in [2.24, 2.45) is 0 Å². The zero-order valence-corrected chi connectivity index (χ0v) is 9.11. The summed E-state index contributed by atoms with van der Waals surface area (Å²) in [5.74, 6) is -0.850. The van der Waals surface area contributed by atoms with Crippen LogP contribution in [0.25, 0.3) is 0 Å². The molecule has 0 saturated carbocycles. The molecule has 7 heteroatoms. The van der Waals surface area contributed by atoms with Crippen LogP contribution in [0.4, 0.5) is 19.0 Å². The first-order chi connectivity index (χ1) is 6.73. The fourth-order valence-corrected chi connectivity index (χ4v) is 1.70. The van der Waals surface area contributed by atoms with Gasteiger partial charge >= 0.3 is 6.18 Å². The van der Waals surface area contributed by atoms with E-state index in [0.717, 1.165) is 13.0 Å². The van der Waals surface area contributed by atoms with E-state index < -0.39 is 17.7 Å². The summed E-state index contributed by atoms with van der Waals surface area (Å²) in [4.78, 5) is 14.2. The molecule has 0 saturated heterocycles. The van der Waals surface area contributed by atoms with Crippen LogP contribution in [0.5, 0.6) is 0 Å². The number of carbonyl (C=O) groups excluding carboxylic acids is 1. The number of ketones is 1. The predicted molar refractivity (Wildman–Crippen MR) is 51.4 cm³/mol. The number of carbonyl (C=O) groups is 1. The van der Waals surface area contributed by atoms with Crippen molar-refractivity contribution >= 4 is 27.5 Å². The van der Waals surface area contributed by atoms with Gasteiger partial charge in [0.05, 0.1) is 4.47 Å². The summed E-state index contributed by atoms with van der Waals surface area (Å²) in [7, 11) is 0. The van der Waals surface area contributed by atoms with Crippen molar-refractivity contribution in [2.45, 2.75) is 13.1 Å². The first-order valence-corrected chi connectivity index (χ1v) is 4.57. The number of nitrogen functional groups attached to an aromatic ring is 1. The molecule has 2 N–H and O–H groups in total. The minimum Gasteiger partial charge on any atom is -0.384 e. The van der Waals surface area contributed by atoms with Gasteiger partial charge < -0.3 is 5.73 Å². The molecule has 1 rings (SSSR count). The first kappa shape index (κ1) is 12.0. The molecule has 15 heavy (non-hydrogen) atoms. The molecule has 0 atom stereocenters. The summed E-state index contributed by atoms with van der Waals surface area (Å²) in [5, 5.41) is 0. The maximum Gasteiger partial charge on any atom is 0.434 e. The predicted octanol–water partition coefficient (Wildman–Crippen LogP) is 2.65. The molecule has 0 spiro atoms. The quantitative estimate of drug-likeness (QED) is 0.806. The van der Waals surface area contributed by atoms with Gasteiger partial charge in [0.1, 0.15) is 5.82 Å². The molecule has 0 aliphatic rings. The van der Waals surface area contributed by atoms with E-state index in [1.807, 2.05) is 0 Å². The lowest BCUT2D eigenvalue weighted by molar-refractivity contribution is -0.141. The Kier molecular flexibility index (Phi) is 3.03. The molecule has 1 aromatic rings. The second-order valence-corrected chi connectivity index (χ2v) is 3.60. The van der Waals surface area contributed by atoms with Crippen LogP contribution in [0.1, 0.15) is 23.0 Å². The molecular weight excluding hydrogens is 277 g/mol. The SMILES string of the molecule is CC(=O)c1cc(N)nc(C(F)(F)F)c1Br. The largest absolute Gasteiger partial charge is 0.434 e. The number of nitrogens with zero attached hydrogens (tertiary/aromatic N) is 1. The van der Waals surface area contributed by atoms with Crippen LogP contribution in [0.15, 0.2) is 10.5 Å². The lowest BCUT2D eigenvalue weighted by atomic mass is 10.1. The highest BCUT2D eigenvalue weighted by Crippen LogP contribution is 2.35. The van der Waals surface area contributed by atoms with Crippen LogP contribution in [0.2, 0.25) is 0 Å². The molecule has 3 nitrogen and oxygen atoms in total. The summed E-state index contributed by atoms with van der Waals surface area (Å²) in [6, 6.07) is 1.10. The summed E-state index contributed by atoms with van der Waals surface area (Å²) in [6.45, 7) is 1.15. The fraction of sp³-hybridized carbons (Fsp3) is 0.250. The highest BCUT2D eigenvalue weighted by atomic mass is 79.9. The Bertz CT molecular complexity index is 417. The normalized spacial score (nSPS) is 11.5. The van der Waals surface area contributed by atoms with E-state index in [-0.39, 0.29) is 15.9 Å². The molecule has 0 fully saturated rings. The third kappa shape index (κ3) is 2.47. The molecule has 0 aromatic carbocycles. The number of pyridine rings is 1. The molecule has 0 unspecified atom stereocenters. The Morgan fingerprint density at radius 2 is 2.07 bits per heavy atom. The second kappa shape index (κ2) is 3.80. The standard InChI is InChI=1S/C8H6BrF3N2O/c1-3(15)4-2-5(13)14-7(6(4)9)8(10,11)12/h2H,1H3,(H2,13,14). The molecule has 1 aromatic heterocycles. The summed E-state index contributed by atoms with van der Waals surface area (Å²) in [6.07, 6.45) is -4.64. The van der Waals surface area contributed by atoms with Gasteiger partial charge in [-0.2, -0.15) is 13.2 Å². The topological polar surface area (TPSA) is 56.0 Å². The summed E-state index contributed by atoms with van der Waals surface area (Å²) in [5.41, 5.74) is 3.86. The molecule has 0 bridgehead atoms.